The van der Waals surface area contributed by atoms with E-state index in [9.17, 15) is 27.2 Å². The highest BCUT2D eigenvalue weighted by atomic mass is 19.4. The molecule has 0 spiro atoms. The SMILES string of the molecule is O=C(Nc1ccc(F)cc1C(=O)O)Nc1ccccc1C(F)(F)F. The van der Waals surface area contributed by atoms with Crippen molar-refractivity contribution in [2.24, 2.45) is 0 Å². The van der Waals surface area contributed by atoms with Crippen LogP contribution in [-0.2, 0) is 6.18 Å². The summed E-state index contributed by atoms with van der Waals surface area (Å²) in [6.07, 6.45) is -4.67. The fourth-order valence-electron chi connectivity index (χ4n) is 1.92. The van der Waals surface area contributed by atoms with Crippen LogP contribution in [-0.4, -0.2) is 17.1 Å². The second kappa shape index (κ2) is 6.57. The zero-order valence-corrected chi connectivity index (χ0v) is 11.8. The minimum atomic E-state index is -4.67. The summed E-state index contributed by atoms with van der Waals surface area (Å²) in [6.45, 7) is 0. The van der Waals surface area contributed by atoms with Crippen molar-refractivity contribution in [3.05, 3.63) is 59.4 Å². The van der Waals surface area contributed by atoms with Crippen molar-refractivity contribution in [2.45, 2.75) is 6.18 Å². The van der Waals surface area contributed by atoms with Gasteiger partial charge in [0.05, 0.1) is 22.5 Å². The van der Waals surface area contributed by atoms with Crippen LogP contribution in [0.3, 0.4) is 0 Å². The van der Waals surface area contributed by atoms with Crippen molar-refractivity contribution in [3.63, 3.8) is 0 Å². The minimum Gasteiger partial charge on any atom is -0.478 e. The Balaban J connectivity index is 2.23. The van der Waals surface area contributed by atoms with E-state index in [-0.39, 0.29) is 5.69 Å². The Hall–Kier alpha value is -3.10. The number of aromatic carboxylic acids is 1. The van der Waals surface area contributed by atoms with Crippen LogP contribution in [0.15, 0.2) is 42.5 Å². The molecule has 2 aromatic carbocycles. The molecule has 0 aliphatic carbocycles. The molecule has 2 rings (SSSR count). The number of carbonyl (C=O) groups excluding carboxylic acids is 1. The van der Waals surface area contributed by atoms with Gasteiger partial charge in [-0.15, -0.1) is 0 Å². The molecule has 0 aliphatic rings. The van der Waals surface area contributed by atoms with E-state index in [0.29, 0.717) is 6.07 Å². The van der Waals surface area contributed by atoms with E-state index in [1.165, 1.54) is 6.07 Å². The second-order valence-corrected chi connectivity index (χ2v) is 4.62. The Morgan fingerprint density at radius 3 is 2.21 bits per heavy atom. The number of anilines is 2. The van der Waals surface area contributed by atoms with Crippen LogP contribution in [0.4, 0.5) is 33.7 Å². The molecule has 24 heavy (non-hydrogen) atoms. The van der Waals surface area contributed by atoms with Crippen LogP contribution < -0.4 is 10.6 Å². The maximum absolute atomic E-state index is 13.1. The Morgan fingerprint density at radius 2 is 1.58 bits per heavy atom. The molecule has 3 N–H and O–H groups in total. The second-order valence-electron chi connectivity index (χ2n) is 4.62. The number of carbonyl (C=O) groups is 2. The summed E-state index contributed by atoms with van der Waals surface area (Å²) in [4.78, 5) is 22.9. The standard InChI is InChI=1S/C15H10F4N2O3/c16-8-5-6-11(9(7-8)13(22)23)20-14(24)21-12-4-2-1-3-10(12)15(17,18)19/h1-7H,(H,22,23)(H2,20,21,24). The monoisotopic (exact) mass is 342 g/mol. The van der Waals surface area contributed by atoms with Crippen molar-refractivity contribution < 1.29 is 32.3 Å². The molecule has 0 radical (unpaired) electrons. The van der Waals surface area contributed by atoms with E-state index >= 15 is 0 Å². The Kier molecular flexibility index (Phi) is 4.72. The summed E-state index contributed by atoms with van der Waals surface area (Å²) < 4.78 is 51.6. The number of rotatable bonds is 3. The Morgan fingerprint density at radius 1 is 0.958 bits per heavy atom. The molecule has 0 atom stereocenters. The average molecular weight is 342 g/mol. The first-order valence-electron chi connectivity index (χ1n) is 6.45. The molecule has 0 saturated carbocycles. The molecule has 0 aromatic heterocycles. The van der Waals surface area contributed by atoms with Gasteiger partial charge in [-0.25, -0.2) is 14.0 Å². The summed E-state index contributed by atoms with van der Waals surface area (Å²) in [5.41, 5.74) is -2.35. The van der Waals surface area contributed by atoms with E-state index in [0.717, 1.165) is 30.3 Å². The number of urea groups is 1. The minimum absolute atomic E-state index is 0.258. The highest BCUT2D eigenvalue weighted by Gasteiger charge is 2.33. The average Bonchev–Trinajstić information content (AvgIpc) is 2.48. The van der Waals surface area contributed by atoms with Gasteiger partial charge in [0.2, 0.25) is 0 Å². The lowest BCUT2D eigenvalue weighted by molar-refractivity contribution is -0.136. The van der Waals surface area contributed by atoms with E-state index < -0.39 is 40.8 Å². The van der Waals surface area contributed by atoms with Gasteiger partial charge in [0, 0.05) is 0 Å². The summed E-state index contributed by atoms with van der Waals surface area (Å²) in [7, 11) is 0. The number of para-hydroxylation sites is 1. The number of carboxylic acid groups (broad SMARTS) is 1. The molecule has 2 amide bonds. The molecule has 0 fully saturated rings. The van der Waals surface area contributed by atoms with Crippen LogP contribution in [0.25, 0.3) is 0 Å². The van der Waals surface area contributed by atoms with Gasteiger partial charge >= 0.3 is 18.2 Å². The first-order valence-corrected chi connectivity index (χ1v) is 6.45. The fraction of sp³-hybridized carbons (Fsp3) is 0.0667. The maximum Gasteiger partial charge on any atom is 0.418 e. The lowest BCUT2D eigenvalue weighted by Crippen LogP contribution is -2.23. The zero-order chi connectivity index (χ0) is 17.9. The molecule has 0 bridgehead atoms. The number of hydrogen-bond donors (Lipinski definition) is 3. The number of nitrogens with one attached hydrogen (secondary N) is 2. The number of hydrogen-bond acceptors (Lipinski definition) is 2. The van der Waals surface area contributed by atoms with Gasteiger partial charge in [-0.3, -0.25) is 0 Å². The molecule has 2 aromatic rings. The quantitative estimate of drug-likeness (QED) is 0.732. The van der Waals surface area contributed by atoms with Crippen molar-refractivity contribution in [2.75, 3.05) is 10.6 Å². The smallest absolute Gasteiger partial charge is 0.418 e. The lowest BCUT2D eigenvalue weighted by Gasteiger charge is -2.14. The molecule has 0 aliphatic heterocycles. The van der Waals surface area contributed by atoms with Crippen LogP contribution in [0.1, 0.15) is 15.9 Å². The fourth-order valence-corrected chi connectivity index (χ4v) is 1.92. The molecule has 0 unspecified atom stereocenters. The third-order valence-corrected chi connectivity index (χ3v) is 2.94. The molecular weight excluding hydrogens is 332 g/mol. The number of halogens is 4. The highest BCUT2D eigenvalue weighted by molar-refractivity contribution is 6.04. The normalized spacial score (nSPS) is 11.0. The van der Waals surface area contributed by atoms with Crippen molar-refractivity contribution >= 4 is 23.4 Å². The number of alkyl halides is 3. The van der Waals surface area contributed by atoms with Crippen molar-refractivity contribution in [1.29, 1.82) is 0 Å². The predicted octanol–water partition coefficient (Wildman–Crippen LogP) is 4.19. The van der Waals surface area contributed by atoms with Gasteiger partial charge in [0.1, 0.15) is 5.82 Å². The molecular formula is C15H10F4N2O3. The van der Waals surface area contributed by atoms with Crippen LogP contribution >= 0.6 is 0 Å². The van der Waals surface area contributed by atoms with E-state index in [2.05, 4.69) is 5.32 Å². The Bertz CT molecular complexity index is 791. The van der Waals surface area contributed by atoms with Crippen LogP contribution in [0.5, 0.6) is 0 Å². The molecule has 0 heterocycles. The largest absolute Gasteiger partial charge is 0.478 e. The summed E-state index contributed by atoms with van der Waals surface area (Å²) >= 11 is 0. The summed E-state index contributed by atoms with van der Waals surface area (Å²) in [5, 5.41) is 13.0. The molecule has 126 valence electrons. The van der Waals surface area contributed by atoms with Gasteiger partial charge in [-0.05, 0) is 30.3 Å². The first kappa shape index (κ1) is 17.3. The van der Waals surface area contributed by atoms with Crippen LogP contribution in [0, 0.1) is 5.82 Å². The van der Waals surface area contributed by atoms with E-state index in [1.54, 1.807) is 0 Å². The molecule has 5 nitrogen and oxygen atoms in total. The first-order chi connectivity index (χ1) is 11.2. The Labute approximate surface area is 132 Å². The lowest BCUT2D eigenvalue weighted by atomic mass is 10.1. The van der Waals surface area contributed by atoms with E-state index in [1.807, 2.05) is 5.32 Å². The number of amides is 2. The van der Waals surface area contributed by atoms with Gasteiger partial charge < -0.3 is 15.7 Å². The summed E-state index contributed by atoms with van der Waals surface area (Å²) in [5.74, 6) is -2.33. The number of carboxylic acids is 1. The van der Waals surface area contributed by atoms with Crippen molar-refractivity contribution in [1.82, 2.24) is 0 Å². The summed E-state index contributed by atoms with van der Waals surface area (Å²) in [6, 6.07) is 5.78. The highest BCUT2D eigenvalue weighted by Crippen LogP contribution is 2.34. The third-order valence-electron chi connectivity index (χ3n) is 2.94. The maximum atomic E-state index is 13.1. The van der Waals surface area contributed by atoms with Gasteiger partial charge in [0.15, 0.2) is 0 Å². The zero-order valence-electron chi connectivity index (χ0n) is 11.8. The molecule has 9 heteroatoms. The van der Waals surface area contributed by atoms with Gasteiger partial charge in [-0.1, -0.05) is 12.1 Å². The predicted molar refractivity (Wildman–Crippen MR) is 77.4 cm³/mol. The van der Waals surface area contributed by atoms with Gasteiger partial charge in [-0.2, -0.15) is 13.2 Å². The molecule has 0 saturated heterocycles. The topological polar surface area (TPSA) is 78.4 Å². The third kappa shape index (κ3) is 4.00. The number of benzene rings is 2. The van der Waals surface area contributed by atoms with E-state index in [4.69, 9.17) is 5.11 Å². The van der Waals surface area contributed by atoms with Gasteiger partial charge in [0.25, 0.3) is 0 Å². The van der Waals surface area contributed by atoms with Crippen molar-refractivity contribution in [3.8, 4) is 0 Å². The van der Waals surface area contributed by atoms with Crippen LogP contribution in [0.2, 0.25) is 0 Å².